The molecule has 0 aromatic heterocycles. The fourth-order valence-corrected chi connectivity index (χ4v) is 1.57. The molecule has 0 aliphatic carbocycles. The third kappa shape index (κ3) is 4.12. The van der Waals surface area contributed by atoms with Crippen LogP contribution in [0.5, 0.6) is 0 Å². The molecule has 7 heteroatoms. The van der Waals surface area contributed by atoms with E-state index in [2.05, 4.69) is 11.8 Å². The molecular formula is C4H11N2O3PS. The van der Waals surface area contributed by atoms with E-state index in [0.29, 0.717) is 26.3 Å². The predicted octanol–water partition coefficient (Wildman–Crippen LogP) is -0.574. The van der Waals surface area contributed by atoms with Gasteiger partial charge in [-0.1, -0.05) is 0 Å². The van der Waals surface area contributed by atoms with Crippen LogP contribution in [0.1, 0.15) is 0 Å². The SMILES string of the molecule is NP(O)(=S)ON1CCOCC1. The zero-order valence-electron chi connectivity index (χ0n) is 5.97. The van der Waals surface area contributed by atoms with E-state index in [1.165, 1.54) is 0 Å². The normalized spacial score (nSPS) is 26.4. The fourth-order valence-electron chi connectivity index (χ4n) is 0.794. The van der Waals surface area contributed by atoms with Gasteiger partial charge < -0.3 is 9.63 Å². The van der Waals surface area contributed by atoms with Crippen molar-refractivity contribution < 1.29 is 14.3 Å². The summed E-state index contributed by atoms with van der Waals surface area (Å²) >= 11 is 4.51. The Kier molecular flexibility index (Phi) is 3.39. The molecule has 1 unspecified atom stereocenters. The predicted molar refractivity (Wildman–Crippen MR) is 44.2 cm³/mol. The van der Waals surface area contributed by atoms with Crippen molar-refractivity contribution in [2.45, 2.75) is 0 Å². The van der Waals surface area contributed by atoms with Crippen LogP contribution in [0, 0.1) is 0 Å². The van der Waals surface area contributed by atoms with Gasteiger partial charge in [-0.15, -0.1) is 0 Å². The average molecular weight is 198 g/mol. The molecule has 0 saturated carbocycles. The van der Waals surface area contributed by atoms with E-state index >= 15 is 0 Å². The topological polar surface area (TPSA) is 68.0 Å². The van der Waals surface area contributed by atoms with Crippen molar-refractivity contribution in [2.75, 3.05) is 26.3 Å². The smallest absolute Gasteiger partial charge is 0.272 e. The first kappa shape index (κ1) is 9.54. The minimum Gasteiger partial charge on any atom is -0.379 e. The Hall–Kier alpha value is 0.450. The van der Waals surface area contributed by atoms with Crippen LogP contribution >= 0.6 is 6.64 Å². The molecule has 5 nitrogen and oxygen atoms in total. The van der Waals surface area contributed by atoms with Crippen LogP contribution in [0.15, 0.2) is 0 Å². The summed E-state index contributed by atoms with van der Waals surface area (Å²) in [5, 5.41) is 1.55. The Labute approximate surface area is 70.3 Å². The quantitative estimate of drug-likeness (QED) is 0.579. The van der Waals surface area contributed by atoms with Crippen LogP contribution in [-0.2, 0) is 21.2 Å². The summed E-state index contributed by atoms with van der Waals surface area (Å²) < 4.78 is 9.94. The zero-order valence-corrected chi connectivity index (χ0v) is 7.68. The summed E-state index contributed by atoms with van der Waals surface area (Å²) in [6.07, 6.45) is 0. The number of nitrogens with zero attached hydrogens (tertiary/aromatic N) is 1. The van der Waals surface area contributed by atoms with Crippen LogP contribution in [0.25, 0.3) is 0 Å². The third-order valence-corrected chi connectivity index (χ3v) is 1.87. The Bertz CT molecular complexity index is 167. The van der Waals surface area contributed by atoms with Gasteiger partial charge in [0.15, 0.2) is 0 Å². The highest BCUT2D eigenvalue weighted by Crippen LogP contribution is 2.33. The Morgan fingerprint density at radius 2 is 2.09 bits per heavy atom. The molecule has 66 valence electrons. The second-order valence-electron chi connectivity index (χ2n) is 2.19. The lowest BCUT2D eigenvalue weighted by molar-refractivity contribution is -0.117. The second-order valence-corrected chi connectivity index (χ2v) is 5.05. The van der Waals surface area contributed by atoms with Crippen molar-refractivity contribution in [3.8, 4) is 0 Å². The Morgan fingerprint density at radius 1 is 1.55 bits per heavy atom. The number of hydrogen-bond acceptors (Lipinski definition) is 4. The number of morpholine rings is 1. The monoisotopic (exact) mass is 198 g/mol. The lowest BCUT2D eigenvalue weighted by Crippen LogP contribution is -2.36. The number of hydroxylamine groups is 2. The highest BCUT2D eigenvalue weighted by atomic mass is 32.5. The van der Waals surface area contributed by atoms with Crippen molar-refractivity contribution in [1.29, 1.82) is 0 Å². The molecular weight excluding hydrogens is 187 g/mol. The molecule has 1 aliphatic heterocycles. The van der Waals surface area contributed by atoms with Gasteiger partial charge in [0.05, 0.1) is 13.2 Å². The molecule has 1 aliphatic rings. The molecule has 0 aromatic rings. The maximum absolute atomic E-state index is 8.97. The summed E-state index contributed by atoms with van der Waals surface area (Å²) in [5.41, 5.74) is 5.14. The van der Waals surface area contributed by atoms with E-state index in [1.807, 2.05) is 0 Å². The van der Waals surface area contributed by atoms with Gasteiger partial charge in [0.2, 0.25) is 0 Å². The van der Waals surface area contributed by atoms with Crippen LogP contribution in [0.2, 0.25) is 0 Å². The van der Waals surface area contributed by atoms with Gasteiger partial charge >= 0.3 is 0 Å². The number of ether oxygens (including phenoxy) is 1. The third-order valence-electron chi connectivity index (χ3n) is 1.20. The molecule has 0 aromatic carbocycles. The standard InChI is InChI=1S/C4H11N2O3PS/c5-10(7,11)9-6-1-3-8-4-2-6/h1-4H2,(H3,5,7,11). The highest BCUT2D eigenvalue weighted by Gasteiger charge is 2.16. The molecule has 0 amide bonds. The van der Waals surface area contributed by atoms with E-state index in [4.69, 9.17) is 19.8 Å². The first-order valence-electron chi connectivity index (χ1n) is 3.22. The van der Waals surface area contributed by atoms with Gasteiger partial charge in [0, 0.05) is 13.1 Å². The Morgan fingerprint density at radius 3 is 2.55 bits per heavy atom. The zero-order chi connectivity index (χ0) is 8.32. The van der Waals surface area contributed by atoms with E-state index in [0.717, 1.165) is 0 Å². The molecule has 3 N–H and O–H groups in total. The van der Waals surface area contributed by atoms with Gasteiger partial charge in [0.25, 0.3) is 6.64 Å². The highest BCUT2D eigenvalue weighted by molar-refractivity contribution is 8.08. The molecule has 1 atom stereocenters. The lowest BCUT2D eigenvalue weighted by atomic mass is 10.5. The first-order valence-corrected chi connectivity index (χ1v) is 5.96. The lowest BCUT2D eigenvalue weighted by Gasteiger charge is -2.27. The minimum absolute atomic E-state index is 0.593. The largest absolute Gasteiger partial charge is 0.379 e. The fraction of sp³-hybridized carbons (Fsp3) is 1.00. The minimum atomic E-state index is -3.03. The average Bonchev–Trinajstić information content (AvgIpc) is 1.85. The van der Waals surface area contributed by atoms with Crippen molar-refractivity contribution in [2.24, 2.45) is 5.50 Å². The van der Waals surface area contributed by atoms with Crippen molar-refractivity contribution >= 4 is 18.4 Å². The first-order chi connectivity index (χ1) is 5.08. The molecule has 1 fully saturated rings. The van der Waals surface area contributed by atoms with E-state index in [-0.39, 0.29) is 0 Å². The maximum Gasteiger partial charge on any atom is 0.272 e. The summed E-state index contributed by atoms with van der Waals surface area (Å²) in [7, 11) is 0. The molecule has 1 rings (SSSR count). The molecule has 1 heterocycles. The summed E-state index contributed by atoms with van der Waals surface area (Å²) in [6.45, 7) is -0.631. The van der Waals surface area contributed by atoms with Crippen LogP contribution in [0.3, 0.4) is 0 Å². The molecule has 0 radical (unpaired) electrons. The van der Waals surface area contributed by atoms with Gasteiger partial charge in [-0.25, -0.2) is 4.62 Å². The summed E-state index contributed by atoms with van der Waals surface area (Å²) in [5.74, 6) is 0. The van der Waals surface area contributed by atoms with Crippen molar-refractivity contribution in [3.63, 3.8) is 0 Å². The van der Waals surface area contributed by atoms with Crippen LogP contribution < -0.4 is 5.50 Å². The maximum atomic E-state index is 8.97. The van der Waals surface area contributed by atoms with Gasteiger partial charge in [0.1, 0.15) is 0 Å². The second kappa shape index (κ2) is 3.91. The van der Waals surface area contributed by atoms with Gasteiger partial charge in [-0.3, -0.25) is 5.50 Å². The molecule has 1 saturated heterocycles. The number of rotatable bonds is 2. The molecule has 0 spiro atoms. The van der Waals surface area contributed by atoms with Gasteiger partial charge in [-0.2, -0.15) is 5.06 Å². The van der Waals surface area contributed by atoms with Crippen molar-refractivity contribution in [3.05, 3.63) is 0 Å². The van der Waals surface area contributed by atoms with E-state index < -0.39 is 6.64 Å². The van der Waals surface area contributed by atoms with E-state index in [9.17, 15) is 0 Å². The van der Waals surface area contributed by atoms with Crippen LogP contribution in [-0.4, -0.2) is 36.3 Å². The summed E-state index contributed by atoms with van der Waals surface area (Å²) in [6, 6.07) is 0. The number of hydrogen-bond donors (Lipinski definition) is 2. The molecule has 0 bridgehead atoms. The molecule has 11 heavy (non-hydrogen) atoms. The Balaban J connectivity index is 2.30. The van der Waals surface area contributed by atoms with Gasteiger partial charge in [-0.05, 0) is 11.8 Å². The number of nitrogens with two attached hydrogens (primary N) is 1. The van der Waals surface area contributed by atoms with Crippen molar-refractivity contribution in [1.82, 2.24) is 5.06 Å². The van der Waals surface area contributed by atoms with E-state index in [1.54, 1.807) is 5.06 Å². The van der Waals surface area contributed by atoms with Crippen LogP contribution in [0.4, 0.5) is 0 Å². The summed E-state index contributed by atoms with van der Waals surface area (Å²) in [4.78, 5) is 8.97.